The smallest absolute Gasteiger partial charge is 0.306 e. The van der Waals surface area contributed by atoms with E-state index in [1.165, 1.54) is 180 Å². The molecule has 0 fully saturated rings. The van der Waals surface area contributed by atoms with Gasteiger partial charge in [0.2, 0.25) is 0 Å². The third-order valence-corrected chi connectivity index (χ3v) is 12.0. The molecule has 0 radical (unpaired) electrons. The molecule has 0 unspecified atom stereocenters. The van der Waals surface area contributed by atoms with Crippen molar-refractivity contribution in [2.75, 3.05) is 13.2 Å². The van der Waals surface area contributed by atoms with Crippen LogP contribution in [0.15, 0.2) is 0 Å². The minimum absolute atomic E-state index is 0.0639. The number of unbranched alkanes of at least 4 members (excludes halogenated alkanes) is 32. The van der Waals surface area contributed by atoms with Gasteiger partial charge in [-0.1, -0.05) is 253 Å². The van der Waals surface area contributed by atoms with Crippen molar-refractivity contribution in [3.63, 3.8) is 0 Å². The lowest BCUT2D eigenvalue weighted by Gasteiger charge is -2.18. The standard InChI is InChI=1S/C53H102O6/c1-6-7-8-9-10-11-12-13-14-15-16-19-22-28-33-38-43-51(54)57-46-50(47-58-52(55)44-39-34-29-25-24-27-32-37-42-49(4)5)59-53(56)45-40-35-30-23-20-17-18-21-26-31-36-41-48(2)3/h48-50H,6-47H2,1-5H3/t50-/m0/s1. The first-order valence-corrected chi connectivity index (χ1v) is 26.2. The van der Waals surface area contributed by atoms with Crippen molar-refractivity contribution in [2.24, 2.45) is 11.8 Å². The van der Waals surface area contributed by atoms with Crippen LogP contribution in [-0.4, -0.2) is 37.2 Å². The first-order chi connectivity index (χ1) is 28.7. The molecule has 0 aliphatic carbocycles. The maximum Gasteiger partial charge on any atom is 0.306 e. The SMILES string of the molecule is CCCCCCCCCCCCCCCCCCC(=O)OC[C@@H](COC(=O)CCCCCCCCCCC(C)C)OC(=O)CCCCCCCCCCCCCC(C)C. The molecule has 0 aliphatic rings. The summed E-state index contributed by atoms with van der Waals surface area (Å²) in [5.41, 5.74) is 0. The molecule has 0 heterocycles. The molecule has 0 aromatic heterocycles. The van der Waals surface area contributed by atoms with Gasteiger partial charge in [-0.15, -0.1) is 0 Å². The quantitative estimate of drug-likeness (QED) is 0.0345. The molecule has 0 N–H and O–H groups in total. The zero-order chi connectivity index (χ0) is 43.3. The average molecular weight is 835 g/mol. The fourth-order valence-corrected chi connectivity index (χ4v) is 7.99. The first kappa shape index (κ1) is 57.4. The third kappa shape index (κ3) is 47.3. The maximum absolute atomic E-state index is 12.8. The van der Waals surface area contributed by atoms with Gasteiger partial charge in [0.15, 0.2) is 6.10 Å². The molecule has 0 aromatic carbocycles. The number of hydrogen-bond acceptors (Lipinski definition) is 6. The van der Waals surface area contributed by atoms with Crippen LogP contribution in [0.4, 0.5) is 0 Å². The summed E-state index contributed by atoms with van der Waals surface area (Å²) in [6.45, 7) is 11.3. The molecule has 0 bridgehead atoms. The summed E-state index contributed by atoms with van der Waals surface area (Å²) in [5, 5.41) is 0. The zero-order valence-electron chi connectivity index (χ0n) is 40.4. The van der Waals surface area contributed by atoms with Crippen molar-refractivity contribution in [3.05, 3.63) is 0 Å². The van der Waals surface area contributed by atoms with Crippen LogP contribution in [0, 0.1) is 11.8 Å². The van der Waals surface area contributed by atoms with Crippen molar-refractivity contribution in [1.82, 2.24) is 0 Å². The van der Waals surface area contributed by atoms with Crippen LogP contribution < -0.4 is 0 Å². The second-order valence-corrected chi connectivity index (χ2v) is 19.1. The van der Waals surface area contributed by atoms with Gasteiger partial charge in [0.25, 0.3) is 0 Å². The maximum atomic E-state index is 12.8. The molecule has 59 heavy (non-hydrogen) atoms. The van der Waals surface area contributed by atoms with Gasteiger partial charge in [0.1, 0.15) is 13.2 Å². The summed E-state index contributed by atoms with van der Waals surface area (Å²) in [7, 11) is 0. The van der Waals surface area contributed by atoms with Crippen molar-refractivity contribution < 1.29 is 28.6 Å². The summed E-state index contributed by atoms with van der Waals surface area (Å²) >= 11 is 0. The molecule has 350 valence electrons. The summed E-state index contributed by atoms with van der Waals surface area (Å²) in [4.78, 5) is 37.9. The van der Waals surface area contributed by atoms with Gasteiger partial charge in [-0.2, -0.15) is 0 Å². The number of ether oxygens (including phenoxy) is 3. The van der Waals surface area contributed by atoms with Crippen LogP contribution in [0.3, 0.4) is 0 Å². The fourth-order valence-electron chi connectivity index (χ4n) is 7.99. The summed E-state index contributed by atoms with van der Waals surface area (Å²) in [6.07, 6.45) is 46.6. The van der Waals surface area contributed by atoms with Gasteiger partial charge in [-0.25, -0.2) is 0 Å². The van der Waals surface area contributed by atoms with Crippen molar-refractivity contribution in [3.8, 4) is 0 Å². The van der Waals surface area contributed by atoms with E-state index in [1.54, 1.807) is 0 Å². The first-order valence-electron chi connectivity index (χ1n) is 26.2. The van der Waals surface area contributed by atoms with Gasteiger partial charge >= 0.3 is 17.9 Å². The van der Waals surface area contributed by atoms with Crippen LogP contribution in [0.1, 0.15) is 291 Å². The minimum atomic E-state index is -0.762. The van der Waals surface area contributed by atoms with E-state index in [2.05, 4.69) is 34.6 Å². The van der Waals surface area contributed by atoms with Gasteiger partial charge < -0.3 is 14.2 Å². The molecule has 1 atom stereocenters. The van der Waals surface area contributed by atoms with Crippen LogP contribution in [0.25, 0.3) is 0 Å². The average Bonchev–Trinajstić information content (AvgIpc) is 3.20. The second-order valence-electron chi connectivity index (χ2n) is 19.1. The molecule has 0 rings (SSSR count). The van der Waals surface area contributed by atoms with Crippen LogP contribution in [0.2, 0.25) is 0 Å². The van der Waals surface area contributed by atoms with E-state index < -0.39 is 6.10 Å². The molecule has 0 saturated carbocycles. The summed E-state index contributed by atoms with van der Waals surface area (Å²) < 4.78 is 16.8. The Labute approximate surface area is 368 Å². The number of hydrogen-bond donors (Lipinski definition) is 0. The zero-order valence-corrected chi connectivity index (χ0v) is 40.4. The van der Waals surface area contributed by atoms with Crippen molar-refractivity contribution in [2.45, 2.75) is 298 Å². The van der Waals surface area contributed by atoms with Gasteiger partial charge in [-0.05, 0) is 31.1 Å². The molecule has 0 saturated heterocycles. The third-order valence-electron chi connectivity index (χ3n) is 12.0. The van der Waals surface area contributed by atoms with E-state index in [1.807, 2.05) is 0 Å². The Balaban J connectivity index is 4.30. The second kappa shape index (κ2) is 45.9. The lowest BCUT2D eigenvalue weighted by molar-refractivity contribution is -0.167. The molecule has 0 spiro atoms. The van der Waals surface area contributed by atoms with Crippen LogP contribution >= 0.6 is 0 Å². The van der Waals surface area contributed by atoms with Crippen molar-refractivity contribution in [1.29, 1.82) is 0 Å². The summed E-state index contributed by atoms with van der Waals surface area (Å²) in [5.74, 6) is 0.772. The molecule has 0 aliphatic heterocycles. The number of carbonyl (C=O) groups excluding carboxylic acids is 3. The van der Waals surface area contributed by atoms with Gasteiger partial charge in [0, 0.05) is 19.3 Å². The highest BCUT2D eigenvalue weighted by Crippen LogP contribution is 2.17. The highest BCUT2D eigenvalue weighted by Gasteiger charge is 2.19. The van der Waals surface area contributed by atoms with E-state index in [9.17, 15) is 14.4 Å². The predicted molar refractivity (Wildman–Crippen MR) is 252 cm³/mol. The minimum Gasteiger partial charge on any atom is -0.462 e. The molecular weight excluding hydrogens is 733 g/mol. The lowest BCUT2D eigenvalue weighted by Crippen LogP contribution is -2.30. The highest BCUT2D eigenvalue weighted by molar-refractivity contribution is 5.71. The van der Waals surface area contributed by atoms with E-state index in [-0.39, 0.29) is 31.1 Å². The number of carbonyl (C=O) groups is 3. The van der Waals surface area contributed by atoms with Gasteiger partial charge in [0.05, 0.1) is 0 Å². The monoisotopic (exact) mass is 835 g/mol. The van der Waals surface area contributed by atoms with Crippen LogP contribution in [0.5, 0.6) is 0 Å². The van der Waals surface area contributed by atoms with Crippen LogP contribution in [-0.2, 0) is 28.6 Å². The van der Waals surface area contributed by atoms with E-state index in [0.717, 1.165) is 69.6 Å². The fraction of sp³-hybridized carbons (Fsp3) is 0.943. The number of esters is 3. The van der Waals surface area contributed by atoms with E-state index >= 15 is 0 Å². The highest BCUT2D eigenvalue weighted by atomic mass is 16.6. The Morgan fingerprint density at radius 3 is 0.831 bits per heavy atom. The molecule has 6 heteroatoms. The van der Waals surface area contributed by atoms with E-state index in [0.29, 0.717) is 19.3 Å². The summed E-state index contributed by atoms with van der Waals surface area (Å²) in [6, 6.07) is 0. The Hall–Kier alpha value is -1.59. The Kier molecular flexibility index (Phi) is 44.7. The Morgan fingerprint density at radius 1 is 0.322 bits per heavy atom. The molecule has 6 nitrogen and oxygen atoms in total. The van der Waals surface area contributed by atoms with Gasteiger partial charge in [-0.3, -0.25) is 14.4 Å². The Bertz CT molecular complexity index is 900. The Morgan fingerprint density at radius 2 is 0.559 bits per heavy atom. The topological polar surface area (TPSA) is 78.9 Å². The van der Waals surface area contributed by atoms with E-state index in [4.69, 9.17) is 14.2 Å². The molecule has 0 amide bonds. The molecule has 0 aromatic rings. The lowest BCUT2D eigenvalue weighted by atomic mass is 10.0. The molecular formula is C53H102O6. The predicted octanol–water partition coefficient (Wildman–Crippen LogP) is 16.9. The normalized spacial score (nSPS) is 12.1. The number of rotatable bonds is 47. The van der Waals surface area contributed by atoms with Crippen molar-refractivity contribution >= 4 is 17.9 Å². The largest absolute Gasteiger partial charge is 0.462 e.